The smallest absolute Gasteiger partial charge is 0.408 e. The van der Waals surface area contributed by atoms with Crippen LogP contribution in [0.2, 0.25) is 0 Å². The minimum absolute atomic E-state index is 0.188. The molecule has 0 heterocycles. The van der Waals surface area contributed by atoms with Gasteiger partial charge in [-0.25, -0.2) is 9.59 Å². The molecule has 1 atom stereocenters. The van der Waals surface area contributed by atoms with Gasteiger partial charge in [-0.2, -0.15) is 0 Å². The van der Waals surface area contributed by atoms with E-state index in [4.69, 9.17) is 9.47 Å². The van der Waals surface area contributed by atoms with Crippen LogP contribution in [0.1, 0.15) is 33.3 Å². The van der Waals surface area contributed by atoms with E-state index in [9.17, 15) is 19.2 Å². The first-order valence-corrected chi connectivity index (χ1v) is 9.34. The molecule has 9 nitrogen and oxygen atoms in total. The fourth-order valence-electron chi connectivity index (χ4n) is 2.24. The number of benzene rings is 1. The van der Waals surface area contributed by atoms with Crippen molar-refractivity contribution in [2.24, 2.45) is 0 Å². The molecule has 1 aromatic rings. The molecular formula is C20H29N3O6. The van der Waals surface area contributed by atoms with E-state index in [-0.39, 0.29) is 26.1 Å². The first kappa shape index (κ1) is 23.9. The van der Waals surface area contributed by atoms with E-state index in [0.717, 1.165) is 5.56 Å². The Morgan fingerprint density at radius 2 is 1.59 bits per heavy atom. The molecule has 0 saturated heterocycles. The summed E-state index contributed by atoms with van der Waals surface area (Å²) in [6, 6.07) is 8.31. The number of nitrogens with one attached hydrogen (secondary N) is 3. The second-order valence-corrected chi connectivity index (χ2v) is 7.19. The maximum Gasteiger partial charge on any atom is 0.408 e. The third kappa shape index (κ3) is 10.7. The molecule has 29 heavy (non-hydrogen) atoms. The monoisotopic (exact) mass is 407 g/mol. The lowest BCUT2D eigenvalue weighted by atomic mass is 10.1. The first-order valence-electron chi connectivity index (χ1n) is 9.34. The summed E-state index contributed by atoms with van der Waals surface area (Å²) in [6.45, 7) is 6.28. The Kier molecular flexibility index (Phi) is 9.64. The predicted octanol–water partition coefficient (Wildman–Crippen LogP) is 0.918. The third-order valence-electron chi connectivity index (χ3n) is 3.43. The van der Waals surface area contributed by atoms with Gasteiger partial charge in [-0.15, -0.1) is 0 Å². The van der Waals surface area contributed by atoms with Crippen LogP contribution in [0.3, 0.4) is 0 Å². The molecule has 1 aromatic carbocycles. The van der Waals surface area contributed by atoms with Crippen LogP contribution in [0, 0.1) is 0 Å². The van der Waals surface area contributed by atoms with Crippen molar-refractivity contribution < 1.29 is 28.7 Å². The van der Waals surface area contributed by atoms with Gasteiger partial charge in [0.15, 0.2) is 0 Å². The summed E-state index contributed by atoms with van der Waals surface area (Å²) in [5, 5.41) is 7.22. The Morgan fingerprint density at radius 1 is 0.966 bits per heavy atom. The highest BCUT2D eigenvalue weighted by molar-refractivity contribution is 5.89. The van der Waals surface area contributed by atoms with Crippen molar-refractivity contribution in [3.8, 4) is 0 Å². The van der Waals surface area contributed by atoms with Crippen LogP contribution < -0.4 is 16.0 Å². The predicted molar refractivity (Wildman–Crippen MR) is 106 cm³/mol. The lowest BCUT2D eigenvalue weighted by Crippen LogP contribution is -2.48. The number of carbonyl (C=O) groups is 4. The highest BCUT2D eigenvalue weighted by Crippen LogP contribution is 2.06. The molecule has 160 valence electrons. The van der Waals surface area contributed by atoms with Crippen LogP contribution in [-0.4, -0.2) is 55.2 Å². The molecule has 3 amide bonds. The quantitative estimate of drug-likeness (QED) is 0.523. The summed E-state index contributed by atoms with van der Waals surface area (Å²) in [4.78, 5) is 47.6. The zero-order valence-electron chi connectivity index (χ0n) is 17.2. The van der Waals surface area contributed by atoms with Crippen molar-refractivity contribution in [3.63, 3.8) is 0 Å². The molecule has 0 bridgehead atoms. The van der Waals surface area contributed by atoms with E-state index in [2.05, 4.69) is 16.0 Å². The van der Waals surface area contributed by atoms with Crippen molar-refractivity contribution in [2.45, 2.75) is 45.8 Å². The lowest BCUT2D eigenvalue weighted by Gasteiger charge is -2.19. The summed E-state index contributed by atoms with van der Waals surface area (Å²) >= 11 is 0. The second-order valence-electron chi connectivity index (χ2n) is 7.19. The van der Waals surface area contributed by atoms with Crippen LogP contribution in [0.5, 0.6) is 0 Å². The Hall–Kier alpha value is -3.10. The van der Waals surface area contributed by atoms with Gasteiger partial charge in [0.1, 0.15) is 18.2 Å². The van der Waals surface area contributed by atoms with Crippen molar-refractivity contribution in [1.82, 2.24) is 16.0 Å². The summed E-state index contributed by atoms with van der Waals surface area (Å²) in [5.74, 6) is -1.67. The molecular weight excluding hydrogens is 378 g/mol. The van der Waals surface area contributed by atoms with Crippen LogP contribution in [0.4, 0.5) is 4.79 Å². The van der Waals surface area contributed by atoms with E-state index in [1.54, 1.807) is 27.7 Å². The largest absolute Gasteiger partial charge is 0.464 e. The van der Waals surface area contributed by atoms with Gasteiger partial charge in [0.2, 0.25) is 11.8 Å². The highest BCUT2D eigenvalue weighted by Gasteiger charge is 2.23. The van der Waals surface area contributed by atoms with E-state index in [1.807, 2.05) is 30.3 Å². The van der Waals surface area contributed by atoms with Gasteiger partial charge in [0.05, 0.1) is 13.2 Å². The Morgan fingerprint density at radius 3 is 2.17 bits per heavy atom. The minimum atomic E-state index is -0.873. The number of carbonyl (C=O) groups excluding carboxylic acids is 4. The molecule has 0 fully saturated rings. The molecule has 0 aliphatic carbocycles. The molecule has 0 aliphatic rings. The Bertz CT molecular complexity index is 700. The third-order valence-corrected chi connectivity index (χ3v) is 3.43. The summed E-state index contributed by atoms with van der Waals surface area (Å²) in [6.07, 6.45) is -0.470. The fourth-order valence-corrected chi connectivity index (χ4v) is 2.24. The minimum Gasteiger partial charge on any atom is -0.464 e. The SMILES string of the molecule is CCOC(=O)C(Cc1ccccc1)NC(=O)CNC(=O)CNC(=O)OC(C)(C)C. The summed E-state index contributed by atoms with van der Waals surface area (Å²) in [5.41, 5.74) is 0.179. The number of alkyl carbamates (subject to hydrolysis) is 1. The van der Waals surface area contributed by atoms with Gasteiger partial charge < -0.3 is 25.4 Å². The van der Waals surface area contributed by atoms with E-state index < -0.39 is 35.5 Å². The van der Waals surface area contributed by atoms with Crippen LogP contribution in [-0.2, 0) is 30.3 Å². The van der Waals surface area contributed by atoms with Crippen molar-refractivity contribution in [1.29, 1.82) is 0 Å². The second kappa shape index (κ2) is 11.7. The number of ether oxygens (including phenoxy) is 2. The van der Waals surface area contributed by atoms with Gasteiger partial charge in [-0.05, 0) is 33.3 Å². The van der Waals surface area contributed by atoms with Gasteiger partial charge in [-0.3, -0.25) is 9.59 Å². The lowest BCUT2D eigenvalue weighted by molar-refractivity contribution is -0.147. The normalized spacial score (nSPS) is 11.7. The summed E-state index contributed by atoms with van der Waals surface area (Å²) in [7, 11) is 0. The first-order chi connectivity index (χ1) is 13.6. The Balaban J connectivity index is 2.48. The number of hydrogen-bond acceptors (Lipinski definition) is 6. The van der Waals surface area contributed by atoms with Crippen molar-refractivity contribution in [2.75, 3.05) is 19.7 Å². The zero-order valence-corrected chi connectivity index (χ0v) is 17.2. The number of amides is 3. The molecule has 0 spiro atoms. The average molecular weight is 407 g/mol. The van der Waals surface area contributed by atoms with Gasteiger partial charge in [-0.1, -0.05) is 30.3 Å². The average Bonchev–Trinajstić information content (AvgIpc) is 2.64. The number of hydrogen-bond donors (Lipinski definition) is 3. The molecule has 1 unspecified atom stereocenters. The fraction of sp³-hybridized carbons (Fsp3) is 0.500. The van der Waals surface area contributed by atoms with Gasteiger partial charge in [0.25, 0.3) is 0 Å². The molecule has 0 radical (unpaired) electrons. The standard InChI is InChI=1S/C20H29N3O6/c1-5-28-18(26)15(11-14-9-7-6-8-10-14)23-17(25)13-21-16(24)12-22-19(27)29-20(2,3)4/h6-10,15H,5,11-13H2,1-4H3,(H,21,24)(H,22,27)(H,23,25). The molecule has 1 rings (SSSR count). The van der Waals surface area contributed by atoms with E-state index >= 15 is 0 Å². The maximum atomic E-state index is 12.1. The highest BCUT2D eigenvalue weighted by atomic mass is 16.6. The van der Waals surface area contributed by atoms with Crippen LogP contribution in [0.25, 0.3) is 0 Å². The van der Waals surface area contributed by atoms with Crippen LogP contribution in [0.15, 0.2) is 30.3 Å². The Labute approximate surface area is 170 Å². The van der Waals surface area contributed by atoms with Crippen molar-refractivity contribution >= 4 is 23.9 Å². The molecule has 0 saturated carbocycles. The van der Waals surface area contributed by atoms with Crippen LogP contribution >= 0.6 is 0 Å². The maximum absolute atomic E-state index is 12.1. The molecule has 9 heteroatoms. The molecule has 3 N–H and O–H groups in total. The van der Waals surface area contributed by atoms with Gasteiger partial charge >= 0.3 is 12.1 Å². The topological polar surface area (TPSA) is 123 Å². The number of rotatable bonds is 9. The summed E-state index contributed by atoms with van der Waals surface area (Å²) < 4.78 is 10.0. The van der Waals surface area contributed by atoms with E-state index in [1.165, 1.54) is 0 Å². The van der Waals surface area contributed by atoms with Crippen molar-refractivity contribution in [3.05, 3.63) is 35.9 Å². The molecule has 0 aromatic heterocycles. The molecule has 0 aliphatic heterocycles. The zero-order chi connectivity index (χ0) is 21.9. The van der Waals surface area contributed by atoms with E-state index in [0.29, 0.717) is 0 Å². The van der Waals surface area contributed by atoms with Gasteiger partial charge in [0, 0.05) is 6.42 Å². The number of esters is 1.